The van der Waals surface area contributed by atoms with E-state index in [1.165, 1.54) is 22.7 Å². The van der Waals surface area contributed by atoms with Gasteiger partial charge in [0.2, 0.25) is 0 Å². The smallest absolute Gasteiger partial charge is 0.253 e. The minimum absolute atomic E-state index is 0.264. The number of hydrogen-bond acceptors (Lipinski definition) is 5. The van der Waals surface area contributed by atoms with Crippen molar-refractivity contribution >= 4 is 17.0 Å². The molecule has 0 saturated carbocycles. The van der Waals surface area contributed by atoms with Crippen LogP contribution in [0.5, 0.6) is 0 Å². The molecule has 3 aromatic rings. The molecule has 1 aliphatic rings. The maximum atomic E-state index is 14.0. The molecule has 1 aliphatic heterocycles. The first kappa shape index (κ1) is 13.8. The Morgan fingerprint density at radius 3 is 2.96 bits per heavy atom. The van der Waals surface area contributed by atoms with Gasteiger partial charge in [0.15, 0.2) is 5.82 Å². The summed E-state index contributed by atoms with van der Waals surface area (Å²) in [5.41, 5.74) is 8.41. The molecular formula is C16H14FN5O. The first-order chi connectivity index (χ1) is 11.2. The third-order valence-electron chi connectivity index (χ3n) is 3.73. The standard InChI is InChI=1S/C16H14FN5O/c17-13-2-1-11(18)9-12(13)15-20-16-19-14(3-6-22(16)21-15)10-4-7-23-8-5-10/h1-4,6,9H,5,7-8,18H2. The molecule has 3 heterocycles. The molecule has 116 valence electrons. The minimum atomic E-state index is -0.414. The van der Waals surface area contributed by atoms with E-state index in [0.717, 1.165) is 17.7 Å². The molecule has 2 N–H and O–H groups in total. The van der Waals surface area contributed by atoms with E-state index < -0.39 is 5.82 Å². The molecule has 4 rings (SSSR count). The third kappa shape index (κ3) is 2.55. The van der Waals surface area contributed by atoms with Gasteiger partial charge in [0, 0.05) is 11.9 Å². The largest absolute Gasteiger partial charge is 0.399 e. The number of anilines is 1. The van der Waals surface area contributed by atoms with Crippen LogP contribution in [-0.2, 0) is 4.74 Å². The maximum absolute atomic E-state index is 14.0. The second-order valence-electron chi connectivity index (χ2n) is 5.29. The van der Waals surface area contributed by atoms with Crippen molar-refractivity contribution in [2.24, 2.45) is 0 Å². The summed E-state index contributed by atoms with van der Waals surface area (Å²) >= 11 is 0. The Morgan fingerprint density at radius 2 is 2.13 bits per heavy atom. The van der Waals surface area contributed by atoms with Gasteiger partial charge in [0.05, 0.1) is 24.5 Å². The summed E-state index contributed by atoms with van der Waals surface area (Å²) < 4.78 is 20.8. The number of aromatic nitrogens is 4. The van der Waals surface area contributed by atoms with Crippen molar-refractivity contribution in [3.63, 3.8) is 0 Å². The lowest BCUT2D eigenvalue weighted by molar-refractivity contribution is 0.161. The summed E-state index contributed by atoms with van der Waals surface area (Å²) in [4.78, 5) is 8.84. The first-order valence-corrected chi connectivity index (χ1v) is 7.27. The van der Waals surface area contributed by atoms with Crippen molar-refractivity contribution in [3.05, 3.63) is 48.0 Å². The highest BCUT2D eigenvalue weighted by Gasteiger charge is 2.14. The molecule has 7 heteroatoms. The quantitative estimate of drug-likeness (QED) is 0.735. The summed E-state index contributed by atoms with van der Waals surface area (Å²) in [6, 6.07) is 6.20. The topological polar surface area (TPSA) is 78.3 Å². The Labute approximate surface area is 131 Å². The van der Waals surface area contributed by atoms with Gasteiger partial charge in [-0.05, 0) is 36.3 Å². The van der Waals surface area contributed by atoms with E-state index in [1.54, 1.807) is 6.20 Å². The summed E-state index contributed by atoms with van der Waals surface area (Å²) in [5, 5.41) is 4.27. The number of halogens is 1. The molecule has 0 saturated heterocycles. The van der Waals surface area contributed by atoms with Gasteiger partial charge in [-0.2, -0.15) is 4.98 Å². The summed E-state index contributed by atoms with van der Waals surface area (Å²) in [6.45, 7) is 1.28. The SMILES string of the molecule is Nc1ccc(F)c(-c2nc3nc(C4=CCOCC4)ccn3n2)c1. The second kappa shape index (κ2) is 5.44. The lowest BCUT2D eigenvalue weighted by atomic mass is 10.1. The summed E-state index contributed by atoms with van der Waals surface area (Å²) in [5.74, 6) is 0.273. The Hall–Kier alpha value is -2.80. The summed E-state index contributed by atoms with van der Waals surface area (Å²) in [6.07, 6.45) is 4.60. The van der Waals surface area contributed by atoms with Crippen LogP contribution in [0.3, 0.4) is 0 Å². The number of nitrogen functional groups attached to an aromatic ring is 1. The molecule has 1 aromatic carbocycles. The predicted octanol–water partition coefficient (Wildman–Crippen LogP) is 2.32. The lowest BCUT2D eigenvalue weighted by Gasteiger charge is -2.12. The van der Waals surface area contributed by atoms with Crippen molar-refractivity contribution < 1.29 is 9.13 Å². The number of benzene rings is 1. The number of nitrogens with two attached hydrogens (primary N) is 1. The Balaban J connectivity index is 1.79. The molecule has 23 heavy (non-hydrogen) atoms. The van der Waals surface area contributed by atoms with E-state index in [-0.39, 0.29) is 11.4 Å². The molecule has 0 aliphatic carbocycles. The van der Waals surface area contributed by atoms with Crippen molar-refractivity contribution in [3.8, 4) is 11.4 Å². The normalized spacial score (nSPS) is 14.9. The van der Waals surface area contributed by atoms with E-state index in [1.807, 2.05) is 12.1 Å². The van der Waals surface area contributed by atoms with Crippen LogP contribution in [0, 0.1) is 5.82 Å². The van der Waals surface area contributed by atoms with Gasteiger partial charge < -0.3 is 10.5 Å². The number of ether oxygens (including phenoxy) is 1. The minimum Gasteiger partial charge on any atom is -0.399 e. The van der Waals surface area contributed by atoms with Crippen LogP contribution >= 0.6 is 0 Å². The predicted molar refractivity (Wildman–Crippen MR) is 84.0 cm³/mol. The second-order valence-corrected chi connectivity index (χ2v) is 5.29. The maximum Gasteiger partial charge on any atom is 0.253 e. The lowest BCUT2D eigenvalue weighted by Crippen LogP contribution is -2.05. The van der Waals surface area contributed by atoms with Gasteiger partial charge >= 0.3 is 0 Å². The van der Waals surface area contributed by atoms with Gasteiger partial charge in [-0.1, -0.05) is 6.08 Å². The van der Waals surface area contributed by atoms with Crippen LogP contribution in [0.1, 0.15) is 12.1 Å². The number of fused-ring (bicyclic) bond motifs is 1. The Kier molecular flexibility index (Phi) is 3.27. The Bertz CT molecular complexity index is 918. The molecule has 0 fully saturated rings. The van der Waals surface area contributed by atoms with E-state index in [2.05, 4.69) is 15.1 Å². The fourth-order valence-corrected chi connectivity index (χ4v) is 2.54. The van der Waals surface area contributed by atoms with Crippen molar-refractivity contribution in [2.75, 3.05) is 18.9 Å². The zero-order valence-corrected chi connectivity index (χ0v) is 12.2. The van der Waals surface area contributed by atoms with E-state index >= 15 is 0 Å². The van der Waals surface area contributed by atoms with Crippen LogP contribution in [-0.4, -0.2) is 32.8 Å². The molecular weight excluding hydrogens is 297 g/mol. The van der Waals surface area contributed by atoms with E-state index in [9.17, 15) is 4.39 Å². The zero-order valence-electron chi connectivity index (χ0n) is 12.2. The van der Waals surface area contributed by atoms with Gasteiger partial charge in [0.25, 0.3) is 5.78 Å². The number of rotatable bonds is 2. The van der Waals surface area contributed by atoms with Crippen LogP contribution in [0.15, 0.2) is 36.5 Å². The van der Waals surface area contributed by atoms with Gasteiger partial charge in [-0.3, -0.25) is 0 Å². The molecule has 6 nitrogen and oxygen atoms in total. The summed E-state index contributed by atoms with van der Waals surface area (Å²) in [7, 11) is 0. The van der Waals surface area contributed by atoms with Crippen LogP contribution in [0.25, 0.3) is 22.7 Å². The highest BCUT2D eigenvalue weighted by Crippen LogP contribution is 2.23. The van der Waals surface area contributed by atoms with Crippen LogP contribution < -0.4 is 5.73 Å². The van der Waals surface area contributed by atoms with Gasteiger partial charge in [-0.15, -0.1) is 5.10 Å². The third-order valence-corrected chi connectivity index (χ3v) is 3.73. The Morgan fingerprint density at radius 1 is 1.22 bits per heavy atom. The van der Waals surface area contributed by atoms with Crippen LogP contribution in [0.4, 0.5) is 10.1 Å². The van der Waals surface area contributed by atoms with E-state index in [0.29, 0.717) is 24.7 Å². The fourth-order valence-electron chi connectivity index (χ4n) is 2.54. The molecule has 0 radical (unpaired) electrons. The van der Waals surface area contributed by atoms with Crippen molar-refractivity contribution in [2.45, 2.75) is 6.42 Å². The van der Waals surface area contributed by atoms with Crippen LogP contribution in [0.2, 0.25) is 0 Å². The molecule has 0 bridgehead atoms. The molecule has 0 spiro atoms. The molecule has 0 atom stereocenters. The van der Waals surface area contributed by atoms with Crippen molar-refractivity contribution in [1.82, 2.24) is 19.6 Å². The highest BCUT2D eigenvalue weighted by atomic mass is 19.1. The average Bonchev–Trinajstić information content (AvgIpc) is 3.00. The van der Waals surface area contributed by atoms with Gasteiger partial charge in [0.1, 0.15) is 5.82 Å². The van der Waals surface area contributed by atoms with Crippen molar-refractivity contribution in [1.29, 1.82) is 0 Å². The fraction of sp³-hybridized carbons (Fsp3) is 0.188. The van der Waals surface area contributed by atoms with Gasteiger partial charge in [-0.25, -0.2) is 13.9 Å². The highest BCUT2D eigenvalue weighted by molar-refractivity contribution is 5.66. The first-order valence-electron chi connectivity index (χ1n) is 7.27. The molecule has 2 aromatic heterocycles. The number of nitrogens with zero attached hydrogens (tertiary/aromatic N) is 4. The average molecular weight is 311 g/mol. The van der Waals surface area contributed by atoms with E-state index in [4.69, 9.17) is 10.5 Å². The molecule has 0 unspecified atom stereocenters. The monoisotopic (exact) mass is 311 g/mol. The number of hydrogen-bond donors (Lipinski definition) is 1. The molecule has 0 amide bonds. The zero-order chi connectivity index (χ0) is 15.8.